The second kappa shape index (κ2) is 13.3. The van der Waals surface area contributed by atoms with E-state index in [1.54, 1.807) is 42.3 Å². The van der Waals surface area contributed by atoms with E-state index in [4.69, 9.17) is 23.8 Å². The third-order valence-electron chi connectivity index (χ3n) is 6.98. The van der Waals surface area contributed by atoms with Crippen LogP contribution in [0.2, 0.25) is 0 Å². The minimum Gasteiger partial charge on any atom is -0.465 e. The maximum absolute atomic E-state index is 13.2. The number of hydrogen-bond donors (Lipinski definition) is 1. The Balaban J connectivity index is 1.19. The van der Waals surface area contributed by atoms with Crippen molar-refractivity contribution in [3.8, 4) is 17.1 Å². The fraction of sp³-hybridized carbons (Fsp3) is 0.182. The zero-order valence-corrected chi connectivity index (χ0v) is 25.1. The average Bonchev–Trinajstić information content (AvgIpc) is 3.79. The highest BCUT2D eigenvalue weighted by Crippen LogP contribution is 2.29. The first-order valence-electron chi connectivity index (χ1n) is 14.3. The highest BCUT2D eigenvalue weighted by atomic mass is 16.8. The number of carbonyl (C=O) groups is 2. The van der Waals surface area contributed by atoms with E-state index in [1.165, 1.54) is 0 Å². The van der Waals surface area contributed by atoms with Crippen LogP contribution >= 0.6 is 0 Å². The van der Waals surface area contributed by atoms with E-state index in [2.05, 4.69) is 27.0 Å². The number of para-hydroxylation sites is 1. The Morgan fingerprint density at radius 2 is 1.78 bits per heavy atom. The maximum Gasteiger partial charge on any atom is 0.511 e. The Morgan fingerprint density at radius 1 is 0.978 bits per heavy atom. The second-order valence-electron chi connectivity index (χ2n) is 10.2. The van der Waals surface area contributed by atoms with Crippen molar-refractivity contribution in [2.24, 2.45) is 12.2 Å². The summed E-state index contributed by atoms with van der Waals surface area (Å²) in [6.07, 6.45) is 2.31. The number of nitrogens with one attached hydrogen (secondary N) is 1. The quantitative estimate of drug-likeness (QED) is 0.156. The number of oxime groups is 1. The van der Waals surface area contributed by atoms with Crippen LogP contribution < -0.4 is 10.1 Å². The Hall–Kier alpha value is -6.11. The van der Waals surface area contributed by atoms with E-state index in [9.17, 15) is 9.59 Å². The van der Waals surface area contributed by atoms with E-state index < -0.39 is 18.9 Å². The Morgan fingerprint density at radius 3 is 2.50 bits per heavy atom. The van der Waals surface area contributed by atoms with Gasteiger partial charge in [-0.15, -0.1) is 0 Å². The van der Waals surface area contributed by atoms with Gasteiger partial charge in [0.2, 0.25) is 12.7 Å². The number of esters is 1. The largest absolute Gasteiger partial charge is 0.511 e. The van der Waals surface area contributed by atoms with Crippen LogP contribution in [0.3, 0.4) is 0 Å². The SMILES string of the molecule is C=C1NC(c2ccccc2-c2ccc(Cn3c(OCC)nc4cccc(C(=O)OCOC(=O)OCc5cn(C)cn5)c43)cc2)=NO1. The summed E-state index contributed by atoms with van der Waals surface area (Å²) < 4.78 is 24.6. The number of nitrogens with zero attached hydrogens (tertiary/aromatic N) is 5. The van der Waals surface area contributed by atoms with Gasteiger partial charge in [0.1, 0.15) is 6.61 Å². The number of aromatic nitrogens is 4. The molecule has 13 heteroatoms. The molecule has 0 fully saturated rings. The van der Waals surface area contributed by atoms with Crippen LogP contribution in [-0.2, 0) is 39.2 Å². The number of imidazole rings is 2. The second-order valence-corrected chi connectivity index (χ2v) is 10.2. The standard InChI is InChI=1S/C33H30N6O7/c1-4-42-32-36-28-11-7-10-27(31(40)44-20-45-33(41)43-18-24-17-38(3)19-34-24)29(28)39(32)16-22-12-14-23(15-13-22)25-8-5-6-9-26(25)30-35-21(2)46-37-30/h5-15,17,19H,2,4,16,18,20H2,1,3H3,(H,35,37). The molecule has 3 heterocycles. The van der Waals surface area contributed by atoms with Gasteiger partial charge < -0.3 is 33.7 Å². The van der Waals surface area contributed by atoms with Crippen LogP contribution in [-0.4, -0.2) is 50.5 Å². The fourth-order valence-corrected chi connectivity index (χ4v) is 4.95. The number of aryl methyl sites for hydroxylation is 1. The van der Waals surface area contributed by atoms with Crippen molar-refractivity contribution in [2.45, 2.75) is 20.1 Å². The minimum atomic E-state index is -0.988. The first kappa shape index (κ1) is 29.9. The van der Waals surface area contributed by atoms with Gasteiger partial charge in [0.05, 0.1) is 41.8 Å². The monoisotopic (exact) mass is 622 g/mol. The predicted molar refractivity (Wildman–Crippen MR) is 167 cm³/mol. The van der Waals surface area contributed by atoms with Crippen LogP contribution in [0.1, 0.15) is 34.1 Å². The highest BCUT2D eigenvalue weighted by molar-refractivity contribution is 6.05. The molecule has 46 heavy (non-hydrogen) atoms. The van der Waals surface area contributed by atoms with Gasteiger partial charge in [0.15, 0.2) is 5.84 Å². The molecular weight excluding hydrogens is 592 g/mol. The first-order valence-corrected chi connectivity index (χ1v) is 14.3. The number of amidine groups is 1. The van der Waals surface area contributed by atoms with Crippen molar-refractivity contribution >= 4 is 29.0 Å². The molecule has 5 aromatic rings. The van der Waals surface area contributed by atoms with E-state index >= 15 is 0 Å². The van der Waals surface area contributed by atoms with Crippen molar-refractivity contribution in [2.75, 3.05) is 13.4 Å². The van der Waals surface area contributed by atoms with Gasteiger partial charge in [-0.3, -0.25) is 4.57 Å². The number of carbonyl (C=O) groups excluding carboxylic acids is 2. The Kier molecular flexibility index (Phi) is 8.63. The van der Waals surface area contributed by atoms with Gasteiger partial charge in [0, 0.05) is 18.8 Å². The van der Waals surface area contributed by atoms with E-state index in [-0.39, 0.29) is 12.2 Å². The molecular formula is C33H30N6O7. The number of fused-ring (bicyclic) bond motifs is 1. The molecule has 13 nitrogen and oxygen atoms in total. The van der Waals surface area contributed by atoms with Crippen LogP contribution in [0.4, 0.5) is 4.79 Å². The molecule has 1 N–H and O–H groups in total. The number of hydrogen-bond acceptors (Lipinski definition) is 11. The third kappa shape index (κ3) is 6.53. The molecule has 234 valence electrons. The molecule has 0 spiro atoms. The maximum atomic E-state index is 13.2. The lowest BCUT2D eigenvalue weighted by Crippen LogP contribution is -2.18. The summed E-state index contributed by atoms with van der Waals surface area (Å²) in [5.41, 5.74) is 5.62. The van der Waals surface area contributed by atoms with Crippen molar-refractivity contribution in [3.63, 3.8) is 0 Å². The van der Waals surface area contributed by atoms with Crippen molar-refractivity contribution < 1.29 is 33.4 Å². The molecule has 2 aromatic heterocycles. The first-order chi connectivity index (χ1) is 22.4. The van der Waals surface area contributed by atoms with Crippen LogP contribution in [0.15, 0.2) is 96.9 Å². The molecule has 0 unspecified atom stereocenters. The zero-order valence-electron chi connectivity index (χ0n) is 25.1. The number of rotatable bonds is 11. The summed E-state index contributed by atoms with van der Waals surface area (Å²) in [5.74, 6) is 0.254. The number of ether oxygens (including phenoxy) is 4. The summed E-state index contributed by atoms with van der Waals surface area (Å²) in [5, 5.41) is 7.12. The molecule has 6 rings (SSSR count). The third-order valence-corrected chi connectivity index (χ3v) is 6.98. The molecule has 1 aliphatic rings. The zero-order chi connectivity index (χ0) is 32.0. The van der Waals surface area contributed by atoms with Gasteiger partial charge in [0.25, 0.3) is 6.01 Å². The van der Waals surface area contributed by atoms with Gasteiger partial charge in [-0.1, -0.05) is 59.8 Å². The topological polar surface area (TPSA) is 140 Å². The summed E-state index contributed by atoms with van der Waals surface area (Å²) in [6, 6.07) is 21.3. The molecule has 0 aliphatic carbocycles. The average molecular weight is 623 g/mol. The lowest BCUT2D eigenvalue weighted by Gasteiger charge is -2.13. The Bertz CT molecular complexity index is 1940. The van der Waals surface area contributed by atoms with Gasteiger partial charge >= 0.3 is 12.1 Å². The number of benzene rings is 3. The highest BCUT2D eigenvalue weighted by Gasteiger charge is 2.22. The lowest BCUT2D eigenvalue weighted by atomic mass is 9.98. The molecule has 0 atom stereocenters. The van der Waals surface area contributed by atoms with Crippen LogP contribution in [0, 0.1) is 0 Å². The Labute approximate surface area is 263 Å². The summed E-state index contributed by atoms with van der Waals surface area (Å²) >= 11 is 0. The normalized spacial score (nSPS) is 12.3. The van der Waals surface area contributed by atoms with Gasteiger partial charge in [-0.2, -0.15) is 4.98 Å². The van der Waals surface area contributed by atoms with Gasteiger partial charge in [-0.25, -0.2) is 14.6 Å². The van der Waals surface area contributed by atoms with Crippen molar-refractivity contribution in [1.29, 1.82) is 0 Å². The predicted octanol–water partition coefficient (Wildman–Crippen LogP) is 5.10. The summed E-state index contributed by atoms with van der Waals surface area (Å²) in [7, 11) is 1.80. The summed E-state index contributed by atoms with van der Waals surface area (Å²) in [6.45, 7) is 5.65. The van der Waals surface area contributed by atoms with Crippen molar-refractivity contribution in [3.05, 3.63) is 114 Å². The van der Waals surface area contributed by atoms with Gasteiger partial charge in [-0.05, 0) is 42.3 Å². The molecule has 0 bridgehead atoms. The summed E-state index contributed by atoms with van der Waals surface area (Å²) in [4.78, 5) is 39.0. The van der Waals surface area contributed by atoms with E-state index in [0.717, 1.165) is 22.3 Å². The fourth-order valence-electron chi connectivity index (χ4n) is 4.95. The molecule has 0 radical (unpaired) electrons. The molecule has 3 aromatic carbocycles. The van der Waals surface area contributed by atoms with E-state index in [1.807, 2.05) is 60.0 Å². The van der Waals surface area contributed by atoms with Crippen molar-refractivity contribution in [1.82, 2.24) is 24.4 Å². The smallest absolute Gasteiger partial charge is 0.465 e. The molecule has 0 saturated carbocycles. The molecule has 1 aliphatic heterocycles. The molecule has 0 saturated heterocycles. The molecule has 0 amide bonds. The van der Waals surface area contributed by atoms with Crippen LogP contribution in [0.25, 0.3) is 22.2 Å². The van der Waals surface area contributed by atoms with Crippen LogP contribution in [0.5, 0.6) is 6.01 Å². The lowest BCUT2D eigenvalue weighted by molar-refractivity contribution is -0.0295. The van der Waals surface area contributed by atoms with E-state index in [0.29, 0.717) is 47.6 Å². The minimum absolute atomic E-state index is 0.0720.